The Hall–Kier alpha value is -3.10. The molecule has 4 amide bonds. The molecule has 3 fully saturated rings. The summed E-state index contributed by atoms with van der Waals surface area (Å²) in [6, 6.07) is 13.4. The number of hydrogen-bond donors (Lipinski definition) is 1. The Kier molecular flexibility index (Phi) is 7.62. The molecule has 0 radical (unpaired) electrons. The van der Waals surface area contributed by atoms with Crippen LogP contribution < -0.4 is 0 Å². The Morgan fingerprint density at radius 2 is 1.63 bits per heavy atom. The number of likely N-dealkylation sites (tertiary alicyclic amines) is 1. The number of rotatable bonds is 8. The van der Waals surface area contributed by atoms with Crippen LogP contribution in [0.15, 0.2) is 48.5 Å². The molecular weight excluding hydrogens is 565 g/mol. The van der Waals surface area contributed by atoms with Crippen molar-refractivity contribution in [3.05, 3.63) is 69.7 Å². The van der Waals surface area contributed by atoms with Crippen molar-refractivity contribution in [2.45, 2.75) is 70.0 Å². The number of halogens is 2. The van der Waals surface area contributed by atoms with Crippen molar-refractivity contribution < 1.29 is 24.3 Å². The predicted octanol–water partition coefficient (Wildman–Crippen LogP) is 5.98. The van der Waals surface area contributed by atoms with Gasteiger partial charge in [0.2, 0.25) is 5.91 Å². The first-order chi connectivity index (χ1) is 19.2. The molecule has 1 N–H and O–H groups in total. The summed E-state index contributed by atoms with van der Waals surface area (Å²) in [7, 11) is 1.61. The first kappa shape index (κ1) is 29.4. The first-order valence-electron chi connectivity index (χ1n) is 13.9. The van der Waals surface area contributed by atoms with E-state index in [1.807, 2.05) is 30.3 Å². The Labute approximate surface area is 250 Å². The van der Waals surface area contributed by atoms with Gasteiger partial charge >= 0.3 is 12.0 Å². The zero-order valence-corrected chi connectivity index (χ0v) is 25.2. The molecule has 2 aromatic carbocycles. The van der Waals surface area contributed by atoms with Gasteiger partial charge in [0.25, 0.3) is 5.91 Å². The summed E-state index contributed by atoms with van der Waals surface area (Å²) >= 11 is 12.7. The number of imide groups is 1. The van der Waals surface area contributed by atoms with Gasteiger partial charge in [0.05, 0.1) is 30.5 Å². The van der Waals surface area contributed by atoms with E-state index in [1.165, 1.54) is 9.80 Å². The zero-order chi connectivity index (χ0) is 29.9. The predicted molar refractivity (Wildman–Crippen MR) is 156 cm³/mol. The Bertz CT molecular complexity index is 1390. The first-order valence-corrected chi connectivity index (χ1v) is 14.7. The zero-order valence-electron chi connectivity index (χ0n) is 23.6. The van der Waals surface area contributed by atoms with Gasteiger partial charge in [0.15, 0.2) is 0 Å². The minimum atomic E-state index is -1.22. The maximum absolute atomic E-state index is 14.6. The van der Waals surface area contributed by atoms with Crippen LogP contribution in [0.1, 0.15) is 69.5 Å². The van der Waals surface area contributed by atoms with Crippen molar-refractivity contribution >= 4 is 47.0 Å². The second-order valence-electron chi connectivity index (χ2n) is 12.4. The number of nitrogens with zero attached hydrogens (tertiary/aromatic N) is 3. The molecular formula is C31H35Cl2N3O5. The maximum atomic E-state index is 14.6. The molecule has 41 heavy (non-hydrogen) atoms. The van der Waals surface area contributed by atoms with Gasteiger partial charge in [-0.25, -0.2) is 4.79 Å². The molecule has 8 nitrogen and oxygen atoms in total. The van der Waals surface area contributed by atoms with Crippen molar-refractivity contribution in [1.29, 1.82) is 0 Å². The number of likely N-dealkylation sites (N-methyl/N-ethyl adjacent to an activating group) is 1. The quantitative estimate of drug-likeness (QED) is 0.376. The Balaban J connectivity index is 1.67. The number of hydrogen-bond acceptors (Lipinski definition) is 4. The minimum absolute atomic E-state index is 0.0390. The molecule has 2 saturated heterocycles. The monoisotopic (exact) mass is 599 g/mol. The number of carbonyl (C=O) groups is 4. The van der Waals surface area contributed by atoms with E-state index < -0.39 is 35.0 Å². The lowest BCUT2D eigenvalue weighted by molar-refractivity contribution is -0.161. The van der Waals surface area contributed by atoms with Gasteiger partial charge in [-0.3, -0.25) is 19.3 Å². The molecule has 2 aromatic rings. The summed E-state index contributed by atoms with van der Waals surface area (Å²) in [6.07, 6.45) is 1.63. The molecule has 5 rings (SSSR count). The van der Waals surface area contributed by atoms with E-state index in [1.54, 1.807) is 50.9 Å². The van der Waals surface area contributed by atoms with Crippen LogP contribution in [0.3, 0.4) is 0 Å². The van der Waals surface area contributed by atoms with E-state index in [2.05, 4.69) is 0 Å². The average Bonchev–Trinajstić information content (AvgIpc) is 3.73. The molecule has 218 valence electrons. The molecule has 0 spiro atoms. The number of amides is 4. The largest absolute Gasteiger partial charge is 0.481 e. The number of carboxylic acid groups (broad SMARTS) is 1. The molecule has 4 unspecified atom stereocenters. The van der Waals surface area contributed by atoms with Crippen LogP contribution in [-0.2, 0) is 14.4 Å². The summed E-state index contributed by atoms with van der Waals surface area (Å²) in [5.41, 5.74) is -0.500. The summed E-state index contributed by atoms with van der Waals surface area (Å²) in [4.78, 5) is 57.9. The van der Waals surface area contributed by atoms with Crippen LogP contribution in [0.25, 0.3) is 0 Å². The van der Waals surface area contributed by atoms with E-state index in [4.69, 9.17) is 23.2 Å². The van der Waals surface area contributed by atoms with Gasteiger partial charge in [-0.2, -0.15) is 0 Å². The third-order valence-corrected chi connectivity index (χ3v) is 9.64. The molecule has 1 aliphatic carbocycles. The number of piperidine rings is 1. The van der Waals surface area contributed by atoms with Gasteiger partial charge in [-0.05, 0) is 74.4 Å². The summed E-state index contributed by atoms with van der Waals surface area (Å²) in [5.74, 6) is -1.91. The van der Waals surface area contributed by atoms with Gasteiger partial charge < -0.3 is 14.9 Å². The fourth-order valence-corrected chi connectivity index (χ4v) is 6.84. The lowest BCUT2D eigenvalue weighted by Crippen LogP contribution is -2.59. The smallest absolute Gasteiger partial charge is 0.327 e. The maximum Gasteiger partial charge on any atom is 0.327 e. The van der Waals surface area contributed by atoms with E-state index in [9.17, 15) is 24.3 Å². The van der Waals surface area contributed by atoms with Gasteiger partial charge in [0, 0.05) is 23.0 Å². The number of carboxylic acids is 1. The lowest BCUT2D eigenvalue weighted by atomic mass is 9.67. The standard InChI is InChI=1S/C31H35Cl2N3O5/c1-30(2)27(39)35(29(41)34(30)4)17-24(18-8-9-18)36-26(19-10-12-21(32)13-11-19)23(20-6-5-7-22(33)14-20)15-31(3,28(36)40)16-25(37)38/h5-7,10-14,18,23-24,26H,8-9,15-17H2,1-4H3,(H,37,38). The fraction of sp³-hybridized carbons (Fsp3) is 0.484. The second kappa shape index (κ2) is 10.6. The van der Waals surface area contributed by atoms with E-state index in [0.717, 1.165) is 24.0 Å². The van der Waals surface area contributed by atoms with Gasteiger partial charge in [-0.1, -0.05) is 54.4 Å². The number of benzene rings is 2. The highest BCUT2D eigenvalue weighted by atomic mass is 35.5. The molecule has 0 bridgehead atoms. The van der Waals surface area contributed by atoms with Gasteiger partial charge in [-0.15, -0.1) is 0 Å². The van der Waals surface area contributed by atoms with E-state index in [-0.39, 0.29) is 43.0 Å². The second-order valence-corrected chi connectivity index (χ2v) is 13.3. The van der Waals surface area contributed by atoms with Crippen LogP contribution in [-0.4, -0.2) is 68.8 Å². The van der Waals surface area contributed by atoms with Gasteiger partial charge in [0.1, 0.15) is 5.54 Å². The Morgan fingerprint density at radius 3 is 2.17 bits per heavy atom. The highest BCUT2D eigenvalue weighted by Crippen LogP contribution is 2.54. The third kappa shape index (κ3) is 5.32. The van der Waals surface area contributed by atoms with Crippen molar-refractivity contribution in [3.8, 4) is 0 Å². The lowest BCUT2D eigenvalue weighted by Gasteiger charge is -2.52. The van der Waals surface area contributed by atoms with Crippen molar-refractivity contribution in [2.75, 3.05) is 13.6 Å². The summed E-state index contributed by atoms with van der Waals surface area (Å²) in [6.45, 7) is 5.17. The van der Waals surface area contributed by atoms with Crippen molar-refractivity contribution in [1.82, 2.24) is 14.7 Å². The van der Waals surface area contributed by atoms with Crippen LogP contribution in [0.5, 0.6) is 0 Å². The van der Waals surface area contributed by atoms with Crippen molar-refractivity contribution in [2.24, 2.45) is 11.3 Å². The topological polar surface area (TPSA) is 98.2 Å². The van der Waals surface area contributed by atoms with E-state index in [0.29, 0.717) is 10.0 Å². The number of carbonyl (C=O) groups excluding carboxylic acids is 3. The molecule has 1 saturated carbocycles. The highest BCUT2D eigenvalue weighted by molar-refractivity contribution is 6.30. The molecule has 2 aliphatic heterocycles. The van der Waals surface area contributed by atoms with E-state index >= 15 is 0 Å². The van der Waals surface area contributed by atoms with Crippen LogP contribution >= 0.6 is 23.2 Å². The molecule has 4 atom stereocenters. The third-order valence-electron chi connectivity index (χ3n) is 9.15. The molecule has 2 heterocycles. The molecule has 0 aromatic heterocycles. The number of urea groups is 1. The average molecular weight is 601 g/mol. The minimum Gasteiger partial charge on any atom is -0.481 e. The highest BCUT2D eigenvalue weighted by Gasteiger charge is 2.57. The summed E-state index contributed by atoms with van der Waals surface area (Å²) in [5, 5.41) is 11.0. The molecule has 10 heteroatoms. The fourth-order valence-electron chi connectivity index (χ4n) is 6.52. The number of aliphatic carboxylic acids is 1. The van der Waals surface area contributed by atoms with Crippen LogP contribution in [0.4, 0.5) is 4.79 Å². The normalized spacial score (nSPS) is 27.0. The summed E-state index contributed by atoms with van der Waals surface area (Å²) < 4.78 is 0. The van der Waals surface area contributed by atoms with Crippen LogP contribution in [0, 0.1) is 11.3 Å². The Morgan fingerprint density at radius 1 is 0.976 bits per heavy atom. The SMILES string of the molecule is CN1C(=O)N(CC(C2CC2)N2C(=O)C(C)(CC(=O)O)CC(c3cccc(Cl)c3)C2c2ccc(Cl)cc2)C(=O)C1(C)C. The molecule has 3 aliphatic rings. The van der Waals surface area contributed by atoms with Crippen LogP contribution in [0.2, 0.25) is 10.0 Å². The van der Waals surface area contributed by atoms with Crippen molar-refractivity contribution in [3.63, 3.8) is 0 Å².